The molecule has 1 aliphatic heterocycles. The zero-order valence-electron chi connectivity index (χ0n) is 12.3. The van der Waals surface area contributed by atoms with Gasteiger partial charge in [-0.15, -0.1) is 0 Å². The topological polar surface area (TPSA) is 66.8 Å². The van der Waals surface area contributed by atoms with Crippen LogP contribution in [0.25, 0.3) is 0 Å². The summed E-state index contributed by atoms with van der Waals surface area (Å²) < 4.78 is 32.7. The molecule has 0 bridgehead atoms. The first kappa shape index (κ1) is 16.3. The number of fused-ring (bicyclic) bond motifs is 1. The lowest BCUT2D eigenvalue weighted by Gasteiger charge is -2.34. The van der Waals surface area contributed by atoms with Crippen molar-refractivity contribution in [2.75, 3.05) is 17.5 Å². The number of nitrogens with zero attached hydrogens (tertiary/aromatic N) is 1. The summed E-state index contributed by atoms with van der Waals surface area (Å²) in [7, 11) is -3.76. The molecule has 1 heterocycles. The standard InChI is InChI=1S/C16H19NO4S/c1-3-7-14(8-4-2)22(19,20)17-11-13(12-18)21-16-10-6-5-9-15(16)17/h3-10,13,18H,1,11-12H2,2H3/b8-4-,14-7+. The van der Waals surface area contributed by atoms with Gasteiger partial charge in [0.25, 0.3) is 10.0 Å². The van der Waals surface area contributed by atoms with Gasteiger partial charge in [0.15, 0.2) is 0 Å². The molecule has 5 nitrogen and oxygen atoms in total. The van der Waals surface area contributed by atoms with E-state index < -0.39 is 16.1 Å². The number of anilines is 1. The van der Waals surface area contributed by atoms with Crippen molar-refractivity contribution < 1.29 is 18.3 Å². The van der Waals surface area contributed by atoms with E-state index in [-0.39, 0.29) is 18.1 Å². The van der Waals surface area contributed by atoms with Crippen molar-refractivity contribution in [2.24, 2.45) is 0 Å². The summed E-state index contributed by atoms with van der Waals surface area (Å²) in [6.45, 7) is 5.10. The van der Waals surface area contributed by atoms with Crippen LogP contribution in [0.3, 0.4) is 0 Å². The van der Waals surface area contributed by atoms with E-state index in [2.05, 4.69) is 6.58 Å². The predicted octanol–water partition coefficient (Wildman–Crippen LogP) is 2.22. The summed E-state index contributed by atoms with van der Waals surface area (Å²) >= 11 is 0. The Morgan fingerprint density at radius 1 is 1.50 bits per heavy atom. The maximum absolute atomic E-state index is 12.9. The molecule has 0 fully saturated rings. The first-order valence-corrected chi connectivity index (χ1v) is 8.33. The minimum Gasteiger partial charge on any atom is -0.484 e. The second kappa shape index (κ2) is 6.81. The van der Waals surface area contributed by atoms with E-state index in [1.165, 1.54) is 22.5 Å². The van der Waals surface area contributed by atoms with Crippen LogP contribution in [0, 0.1) is 0 Å². The smallest absolute Gasteiger partial charge is 0.264 e. The van der Waals surface area contributed by atoms with Crippen LogP contribution in [0.2, 0.25) is 0 Å². The number of hydrogen-bond donors (Lipinski definition) is 1. The summed E-state index contributed by atoms with van der Waals surface area (Å²) in [4.78, 5) is 0.137. The van der Waals surface area contributed by atoms with Crippen molar-refractivity contribution in [3.05, 3.63) is 60.1 Å². The molecule has 0 amide bonds. The number of ether oxygens (including phenoxy) is 1. The molecule has 22 heavy (non-hydrogen) atoms. The van der Waals surface area contributed by atoms with E-state index in [1.807, 2.05) is 0 Å². The molecule has 0 aliphatic carbocycles. The SMILES string of the molecule is C=C/C=C(\C=C/C)S(=O)(=O)N1CC(CO)Oc2ccccc21. The maximum atomic E-state index is 12.9. The predicted molar refractivity (Wildman–Crippen MR) is 87.3 cm³/mol. The molecule has 0 saturated carbocycles. The van der Waals surface area contributed by atoms with Crippen LogP contribution in [0.1, 0.15) is 6.92 Å². The van der Waals surface area contributed by atoms with Gasteiger partial charge >= 0.3 is 0 Å². The number of hydrogen-bond acceptors (Lipinski definition) is 4. The van der Waals surface area contributed by atoms with Gasteiger partial charge in [0, 0.05) is 0 Å². The molecule has 1 unspecified atom stereocenters. The van der Waals surface area contributed by atoms with Gasteiger partial charge in [0.2, 0.25) is 0 Å². The quantitative estimate of drug-likeness (QED) is 0.845. The number of aliphatic hydroxyl groups excluding tert-OH is 1. The summed E-state index contributed by atoms with van der Waals surface area (Å²) in [6.07, 6.45) is 5.45. The Labute approximate surface area is 130 Å². The molecule has 0 spiro atoms. The Balaban J connectivity index is 2.54. The zero-order chi connectivity index (χ0) is 16.2. The molecule has 1 aliphatic rings. The van der Waals surface area contributed by atoms with Crippen molar-refractivity contribution in [1.29, 1.82) is 0 Å². The summed E-state index contributed by atoms with van der Waals surface area (Å²) in [5.41, 5.74) is 0.465. The second-order valence-electron chi connectivity index (χ2n) is 4.73. The third-order valence-corrected chi connectivity index (χ3v) is 5.00. The molecular formula is C16H19NO4S. The highest BCUT2D eigenvalue weighted by Gasteiger charge is 2.34. The average molecular weight is 321 g/mol. The molecule has 2 rings (SSSR count). The van der Waals surface area contributed by atoms with Gasteiger partial charge in [-0.3, -0.25) is 4.31 Å². The summed E-state index contributed by atoms with van der Waals surface area (Å²) in [5.74, 6) is 0.440. The van der Waals surface area contributed by atoms with E-state index in [9.17, 15) is 13.5 Å². The largest absolute Gasteiger partial charge is 0.484 e. The molecule has 0 saturated heterocycles. The van der Waals surface area contributed by atoms with Crippen molar-refractivity contribution >= 4 is 15.7 Å². The highest BCUT2D eigenvalue weighted by atomic mass is 32.2. The molecule has 1 aromatic carbocycles. The minimum atomic E-state index is -3.76. The lowest BCUT2D eigenvalue weighted by molar-refractivity contribution is 0.116. The third-order valence-electron chi connectivity index (χ3n) is 3.20. The number of rotatable bonds is 5. The highest BCUT2D eigenvalue weighted by molar-refractivity contribution is 7.96. The van der Waals surface area contributed by atoms with E-state index in [4.69, 9.17) is 4.74 Å². The van der Waals surface area contributed by atoms with Crippen molar-refractivity contribution in [3.8, 4) is 5.75 Å². The van der Waals surface area contributed by atoms with Gasteiger partial charge in [0.1, 0.15) is 11.9 Å². The Morgan fingerprint density at radius 2 is 2.23 bits per heavy atom. The number of aliphatic hydroxyl groups is 1. The monoisotopic (exact) mass is 321 g/mol. The fourth-order valence-corrected chi connectivity index (χ4v) is 3.82. The molecule has 1 N–H and O–H groups in total. The number of para-hydroxylation sites is 2. The third kappa shape index (κ3) is 3.08. The van der Waals surface area contributed by atoms with Gasteiger partial charge in [-0.1, -0.05) is 30.9 Å². The fraction of sp³-hybridized carbons (Fsp3) is 0.250. The molecular weight excluding hydrogens is 302 g/mol. The van der Waals surface area contributed by atoms with E-state index >= 15 is 0 Å². The lowest BCUT2D eigenvalue weighted by atomic mass is 10.2. The molecule has 1 aromatic rings. The van der Waals surface area contributed by atoms with E-state index in [0.717, 1.165) is 0 Å². The van der Waals surface area contributed by atoms with Gasteiger partial charge in [-0.2, -0.15) is 0 Å². The normalized spacial score (nSPS) is 18.9. The molecule has 0 aromatic heterocycles. The number of benzene rings is 1. The summed E-state index contributed by atoms with van der Waals surface area (Å²) in [6, 6.07) is 6.88. The average Bonchev–Trinajstić information content (AvgIpc) is 2.53. The van der Waals surface area contributed by atoms with Crippen LogP contribution in [-0.2, 0) is 10.0 Å². The fourth-order valence-electron chi connectivity index (χ4n) is 2.22. The molecule has 6 heteroatoms. The first-order chi connectivity index (χ1) is 10.5. The van der Waals surface area contributed by atoms with Crippen LogP contribution in [0.5, 0.6) is 5.75 Å². The highest BCUT2D eigenvalue weighted by Crippen LogP contribution is 2.36. The van der Waals surface area contributed by atoms with Crippen LogP contribution in [0.4, 0.5) is 5.69 Å². The van der Waals surface area contributed by atoms with Gasteiger partial charge in [-0.25, -0.2) is 8.42 Å². The molecule has 1 atom stereocenters. The molecule has 0 radical (unpaired) electrons. The Bertz CT molecular complexity index is 707. The van der Waals surface area contributed by atoms with Crippen molar-refractivity contribution in [1.82, 2.24) is 0 Å². The van der Waals surface area contributed by atoms with Crippen LogP contribution in [-0.4, -0.2) is 32.8 Å². The van der Waals surface area contributed by atoms with Crippen LogP contribution in [0.15, 0.2) is 60.1 Å². The minimum absolute atomic E-state index is 0.0574. The lowest BCUT2D eigenvalue weighted by Crippen LogP contribution is -2.45. The van der Waals surface area contributed by atoms with Gasteiger partial charge in [0.05, 0.1) is 23.7 Å². The second-order valence-corrected chi connectivity index (χ2v) is 6.59. The van der Waals surface area contributed by atoms with Crippen LogP contribution >= 0.6 is 0 Å². The summed E-state index contributed by atoms with van der Waals surface area (Å²) in [5, 5.41) is 9.35. The Hall–Kier alpha value is -2.05. The Morgan fingerprint density at radius 3 is 2.86 bits per heavy atom. The van der Waals surface area contributed by atoms with Crippen LogP contribution < -0.4 is 9.04 Å². The number of allylic oxidation sites excluding steroid dienone is 4. The molecule has 118 valence electrons. The first-order valence-electron chi connectivity index (χ1n) is 6.89. The van der Waals surface area contributed by atoms with Crippen molar-refractivity contribution in [3.63, 3.8) is 0 Å². The number of sulfonamides is 1. The van der Waals surface area contributed by atoms with E-state index in [1.54, 1.807) is 37.3 Å². The van der Waals surface area contributed by atoms with E-state index in [0.29, 0.717) is 11.4 Å². The maximum Gasteiger partial charge on any atom is 0.264 e. The zero-order valence-corrected chi connectivity index (χ0v) is 13.2. The van der Waals surface area contributed by atoms with Crippen molar-refractivity contribution in [2.45, 2.75) is 13.0 Å². The Kier molecular flexibility index (Phi) is 5.05. The van der Waals surface area contributed by atoms with Gasteiger partial charge in [-0.05, 0) is 31.2 Å². The van der Waals surface area contributed by atoms with Gasteiger partial charge < -0.3 is 9.84 Å².